The minimum Gasteiger partial charge on any atom is -0.494 e. The highest BCUT2D eigenvalue weighted by Gasteiger charge is 2.21. The lowest BCUT2D eigenvalue weighted by Gasteiger charge is -2.18. The van der Waals surface area contributed by atoms with Crippen molar-refractivity contribution in [1.82, 2.24) is 10.4 Å². The molecule has 4 aromatic rings. The molecule has 0 radical (unpaired) electrons. The predicted octanol–water partition coefficient (Wildman–Crippen LogP) is 6.44. The first-order valence-corrected chi connectivity index (χ1v) is 12.6. The number of hydrazone groups is 1. The Hall–Kier alpha value is -4.52. The molecule has 7 heteroatoms. The third kappa shape index (κ3) is 6.24. The molecule has 0 saturated carbocycles. The van der Waals surface area contributed by atoms with E-state index in [1.54, 1.807) is 13.0 Å². The van der Waals surface area contributed by atoms with Crippen LogP contribution in [0.1, 0.15) is 50.5 Å². The highest BCUT2D eigenvalue weighted by molar-refractivity contribution is 6.08. The number of hydrogen-bond donors (Lipinski definition) is 2. The maximum atomic E-state index is 13.3. The number of benzene rings is 3. The zero-order chi connectivity index (χ0) is 27.3. The van der Waals surface area contributed by atoms with Gasteiger partial charge in [-0.25, -0.2) is 10.4 Å². The van der Waals surface area contributed by atoms with E-state index in [4.69, 9.17) is 9.72 Å². The number of para-hydroxylation sites is 1. The van der Waals surface area contributed by atoms with Gasteiger partial charge in [0, 0.05) is 22.1 Å². The number of fused-ring (bicyclic) bond motifs is 1. The van der Waals surface area contributed by atoms with Crippen LogP contribution in [0.15, 0.2) is 84.0 Å². The van der Waals surface area contributed by atoms with Crippen molar-refractivity contribution in [2.45, 2.75) is 34.6 Å². The zero-order valence-corrected chi connectivity index (χ0v) is 22.3. The van der Waals surface area contributed by atoms with Gasteiger partial charge in [0.2, 0.25) is 5.91 Å². The molecule has 2 amide bonds. The molecule has 1 heterocycles. The number of nitrogens with one attached hydrogen (secondary N) is 2. The topological polar surface area (TPSA) is 92.7 Å². The summed E-state index contributed by atoms with van der Waals surface area (Å²) >= 11 is 0. The highest BCUT2D eigenvalue weighted by atomic mass is 16.5. The van der Waals surface area contributed by atoms with Crippen LogP contribution in [0.25, 0.3) is 22.2 Å². The third-order valence-corrected chi connectivity index (χ3v) is 5.97. The number of anilines is 1. The van der Waals surface area contributed by atoms with E-state index in [1.165, 1.54) is 0 Å². The minimum atomic E-state index is -0.509. The average Bonchev–Trinajstić information content (AvgIpc) is 2.91. The lowest BCUT2D eigenvalue weighted by Crippen LogP contribution is -2.27. The van der Waals surface area contributed by atoms with Crippen molar-refractivity contribution in [2.24, 2.45) is 10.5 Å². The second kappa shape index (κ2) is 11.3. The lowest BCUT2D eigenvalue weighted by molar-refractivity contribution is -0.123. The van der Waals surface area contributed by atoms with Crippen LogP contribution in [0, 0.1) is 5.41 Å². The smallest absolute Gasteiger partial charge is 0.272 e. The van der Waals surface area contributed by atoms with Crippen molar-refractivity contribution >= 4 is 34.1 Å². The first-order chi connectivity index (χ1) is 18.2. The van der Waals surface area contributed by atoms with Gasteiger partial charge in [-0.2, -0.15) is 5.10 Å². The van der Waals surface area contributed by atoms with Crippen molar-refractivity contribution in [3.8, 4) is 17.0 Å². The molecule has 0 aliphatic carbocycles. The first kappa shape index (κ1) is 26.5. The van der Waals surface area contributed by atoms with Crippen LogP contribution in [0.4, 0.5) is 5.69 Å². The van der Waals surface area contributed by atoms with Crippen LogP contribution in [0.5, 0.6) is 5.75 Å². The van der Waals surface area contributed by atoms with Gasteiger partial charge in [0.1, 0.15) is 5.75 Å². The predicted molar refractivity (Wildman–Crippen MR) is 153 cm³/mol. The SMILES string of the molecule is CCOc1ccc(-c2cc(C(=O)N/N=C(/C)c3cccc(NC(=O)C(C)(C)C)c3)c3ccccc3n2)cc1. The van der Waals surface area contributed by atoms with E-state index in [1.807, 2.05) is 100 Å². The molecule has 38 heavy (non-hydrogen) atoms. The summed E-state index contributed by atoms with van der Waals surface area (Å²) in [6.07, 6.45) is 0. The Kier molecular flexibility index (Phi) is 7.86. The number of ether oxygens (including phenoxy) is 1. The normalized spacial score (nSPS) is 11.8. The van der Waals surface area contributed by atoms with Crippen LogP contribution >= 0.6 is 0 Å². The second-order valence-corrected chi connectivity index (χ2v) is 9.95. The Morgan fingerprint density at radius 3 is 2.39 bits per heavy atom. The third-order valence-electron chi connectivity index (χ3n) is 5.97. The van der Waals surface area contributed by atoms with E-state index in [-0.39, 0.29) is 11.8 Å². The Labute approximate surface area is 222 Å². The molecule has 0 aliphatic rings. The van der Waals surface area contributed by atoms with E-state index in [0.29, 0.717) is 34.8 Å². The summed E-state index contributed by atoms with van der Waals surface area (Å²) in [5.41, 5.74) is 6.99. The van der Waals surface area contributed by atoms with Crippen molar-refractivity contribution in [2.75, 3.05) is 11.9 Å². The maximum Gasteiger partial charge on any atom is 0.272 e. The van der Waals surface area contributed by atoms with Crippen LogP contribution in [0.3, 0.4) is 0 Å². The van der Waals surface area contributed by atoms with Crippen LogP contribution < -0.4 is 15.5 Å². The van der Waals surface area contributed by atoms with E-state index in [2.05, 4.69) is 15.8 Å². The molecule has 0 atom stereocenters. The monoisotopic (exact) mass is 508 g/mol. The van der Waals surface area contributed by atoms with Crippen molar-refractivity contribution < 1.29 is 14.3 Å². The van der Waals surface area contributed by atoms with Crippen LogP contribution in [-0.4, -0.2) is 29.1 Å². The Bertz CT molecular complexity index is 1500. The Morgan fingerprint density at radius 2 is 1.68 bits per heavy atom. The van der Waals surface area contributed by atoms with Gasteiger partial charge in [0.25, 0.3) is 5.91 Å². The van der Waals surface area contributed by atoms with E-state index in [9.17, 15) is 9.59 Å². The second-order valence-electron chi connectivity index (χ2n) is 9.95. The van der Waals surface area contributed by atoms with Crippen LogP contribution in [-0.2, 0) is 4.79 Å². The molecule has 194 valence electrons. The maximum absolute atomic E-state index is 13.3. The summed E-state index contributed by atoms with van der Waals surface area (Å²) in [7, 11) is 0. The number of amides is 2. The number of hydrogen-bond acceptors (Lipinski definition) is 5. The fourth-order valence-electron chi connectivity index (χ4n) is 3.80. The number of rotatable bonds is 7. The molecule has 4 rings (SSSR count). The number of nitrogens with zero attached hydrogens (tertiary/aromatic N) is 2. The molecule has 0 fully saturated rings. The van der Waals surface area contributed by atoms with Crippen molar-refractivity contribution in [3.05, 3.63) is 90.0 Å². The van der Waals surface area contributed by atoms with Gasteiger partial charge >= 0.3 is 0 Å². The number of carbonyl (C=O) groups is 2. The summed E-state index contributed by atoms with van der Waals surface area (Å²) in [6, 6.07) is 24.3. The molecule has 0 aliphatic heterocycles. The van der Waals surface area contributed by atoms with Gasteiger partial charge in [-0.15, -0.1) is 0 Å². The largest absolute Gasteiger partial charge is 0.494 e. The summed E-state index contributed by atoms with van der Waals surface area (Å²) in [5.74, 6) is 0.361. The molecule has 0 bridgehead atoms. The molecule has 0 unspecified atom stereocenters. The molecular weight excluding hydrogens is 476 g/mol. The quantitative estimate of drug-likeness (QED) is 0.222. The van der Waals surface area contributed by atoms with E-state index < -0.39 is 5.41 Å². The fraction of sp³-hybridized carbons (Fsp3) is 0.226. The number of carbonyl (C=O) groups excluding carboxylic acids is 2. The van der Waals surface area contributed by atoms with Crippen LogP contribution in [0.2, 0.25) is 0 Å². The van der Waals surface area contributed by atoms with Gasteiger partial charge in [-0.1, -0.05) is 51.1 Å². The molecule has 1 aromatic heterocycles. The van der Waals surface area contributed by atoms with Gasteiger partial charge < -0.3 is 10.1 Å². The van der Waals surface area contributed by atoms with Crippen molar-refractivity contribution in [3.63, 3.8) is 0 Å². The molecule has 0 saturated heterocycles. The highest BCUT2D eigenvalue weighted by Crippen LogP contribution is 2.26. The average molecular weight is 509 g/mol. The van der Waals surface area contributed by atoms with Gasteiger partial charge in [0.05, 0.1) is 29.1 Å². The minimum absolute atomic E-state index is 0.0783. The molecule has 0 spiro atoms. The fourth-order valence-corrected chi connectivity index (χ4v) is 3.80. The summed E-state index contributed by atoms with van der Waals surface area (Å²) in [6.45, 7) is 9.92. The summed E-state index contributed by atoms with van der Waals surface area (Å²) in [5, 5.41) is 8.01. The van der Waals surface area contributed by atoms with E-state index >= 15 is 0 Å². The van der Waals surface area contributed by atoms with E-state index in [0.717, 1.165) is 22.3 Å². The van der Waals surface area contributed by atoms with Crippen molar-refractivity contribution in [1.29, 1.82) is 0 Å². The first-order valence-electron chi connectivity index (χ1n) is 12.6. The van der Waals surface area contributed by atoms with Gasteiger partial charge in [0.15, 0.2) is 0 Å². The standard InChI is InChI=1S/C31H32N4O3/c1-6-38-24-16-14-21(15-17-24)28-19-26(25-12-7-8-13-27(25)33-28)29(36)35-34-20(2)22-10-9-11-23(18-22)32-30(37)31(3,4)5/h7-19H,6H2,1-5H3,(H,32,37)(H,35,36)/b34-20-. The molecular formula is C31H32N4O3. The van der Waals surface area contributed by atoms with Gasteiger partial charge in [-0.3, -0.25) is 9.59 Å². The van der Waals surface area contributed by atoms with Gasteiger partial charge in [-0.05, 0) is 67.9 Å². The summed E-state index contributed by atoms with van der Waals surface area (Å²) < 4.78 is 5.54. The summed E-state index contributed by atoms with van der Waals surface area (Å²) in [4.78, 5) is 30.4. The lowest BCUT2D eigenvalue weighted by atomic mass is 9.95. The molecule has 3 aromatic carbocycles. The molecule has 7 nitrogen and oxygen atoms in total. The Balaban J connectivity index is 1.59. The molecule has 2 N–H and O–H groups in total. The Morgan fingerprint density at radius 1 is 0.947 bits per heavy atom. The zero-order valence-electron chi connectivity index (χ0n) is 22.3. The number of pyridine rings is 1. The number of aromatic nitrogens is 1.